The van der Waals surface area contributed by atoms with Crippen LogP contribution < -0.4 is 19.0 Å². The first kappa shape index (κ1) is 31.6. The van der Waals surface area contributed by atoms with Crippen molar-refractivity contribution in [3.8, 4) is 0 Å². The van der Waals surface area contributed by atoms with E-state index in [1.807, 2.05) is 19.1 Å². The van der Waals surface area contributed by atoms with E-state index in [-0.39, 0.29) is 32.7 Å². The molecular weight excluding hydrogens is 894 g/mol. The molecule has 1 nitrogen and oxygen atoms in total. The molecular formula is C13H22I5NY-2. The van der Waals surface area contributed by atoms with Gasteiger partial charge in [0.1, 0.15) is 0 Å². The molecule has 0 amide bonds. The predicted octanol–water partition coefficient (Wildman–Crippen LogP) is 3.71. The largest absolute Gasteiger partial charge is 0.199 e. The Morgan fingerprint density at radius 1 is 1.05 bits per heavy atom. The number of benzene rings is 1. The molecule has 7 heteroatoms. The Kier molecular flexibility index (Phi) is 39.5. The van der Waals surface area contributed by atoms with Crippen LogP contribution in [0.15, 0.2) is 24.3 Å². The van der Waals surface area contributed by atoms with Crippen LogP contribution in [0.5, 0.6) is 0 Å². The normalized spacial score (nSPS) is 9.70. The summed E-state index contributed by atoms with van der Waals surface area (Å²) >= 11 is 9.54. The molecule has 1 unspecified atom stereocenters. The van der Waals surface area contributed by atoms with Crippen LogP contribution in [0.4, 0.5) is 0 Å². The average Bonchev–Trinajstić information content (AvgIpc) is 2.37. The minimum Gasteiger partial charge on any atom is -0.199 e. The molecule has 0 bridgehead atoms. The number of hydrogen-bond acceptors (Lipinski definition) is 1. The molecule has 0 fully saturated rings. The van der Waals surface area contributed by atoms with E-state index in [1.165, 1.54) is 5.56 Å². The van der Waals surface area contributed by atoms with Crippen LogP contribution in [0, 0.1) is 19.8 Å². The van der Waals surface area contributed by atoms with E-state index in [2.05, 4.69) is 114 Å². The van der Waals surface area contributed by atoms with Gasteiger partial charge in [-0.25, -0.2) is 0 Å². The van der Waals surface area contributed by atoms with Crippen molar-refractivity contribution in [1.29, 1.82) is 0 Å². The fraction of sp³-hybridized carbons (Fsp3) is 0.462. The molecule has 119 valence electrons. The maximum Gasteiger partial charge on any atom is 0 e. The van der Waals surface area contributed by atoms with E-state index in [0.29, 0.717) is 25.2 Å². The van der Waals surface area contributed by atoms with Crippen molar-refractivity contribution >= 4 is 74.5 Å². The summed E-state index contributed by atoms with van der Waals surface area (Å²) in [5, 5.41) is 0. The molecule has 0 aliphatic heterocycles. The van der Waals surface area contributed by atoms with E-state index in [1.54, 1.807) is 0 Å². The summed E-state index contributed by atoms with van der Waals surface area (Å²) in [6.45, 7) is 12.1. The van der Waals surface area contributed by atoms with Crippen molar-refractivity contribution in [3.05, 3.63) is 42.3 Å². The van der Waals surface area contributed by atoms with Gasteiger partial charge >= 0.3 is 50.5 Å². The molecule has 20 heavy (non-hydrogen) atoms. The fourth-order valence-corrected chi connectivity index (χ4v) is 0.588. The van der Waals surface area contributed by atoms with Gasteiger partial charge in [0.05, 0.1) is 0 Å². The summed E-state index contributed by atoms with van der Waals surface area (Å²) in [6, 6.07) is 8.49. The maximum atomic E-state index is 5.44. The first-order valence-corrected chi connectivity index (χ1v) is 24.4. The van der Waals surface area contributed by atoms with Gasteiger partial charge < -0.3 is 5.73 Å². The third kappa shape index (κ3) is 29.8. The first-order valence-electron chi connectivity index (χ1n) is 5.50. The summed E-state index contributed by atoms with van der Waals surface area (Å²) in [4.78, 5) is 0. The van der Waals surface area contributed by atoms with Gasteiger partial charge in [-0.15, -0.1) is 12.1 Å². The molecule has 0 heterocycles. The second kappa shape index (κ2) is 25.0. The van der Waals surface area contributed by atoms with E-state index in [4.69, 9.17) is 5.73 Å². The Hall–Kier alpha value is 3.80. The third-order valence-corrected chi connectivity index (χ3v) is 2.17. The van der Waals surface area contributed by atoms with Crippen molar-refractivity contribution in [2.45, 2.75) is 33.7 Å². The van der Waals surface area contributed by atoms with Crippen LogP contribution in [0.2, 0.25) is 0 Å². The molecule has 0 saturated carbocycles. The monoisotopic (exact) mass is 916 g/mol. The molecule has 2 N–H and O–H groups in total. The molecule has 1 radical (unpaired) electrons. The van der Waals surface area contributed by atoms with Crippen LogP contribution >= 0.6 is 74.5 Å². The van der Waals surface area contributed by atoms with E-state index in [9.17, 15) is 0 Å². The SMILES string of the molecule is CC(C)C(C)N.II.I[I-]I.[CH2-]c1ccc(C)cc1.[Y]. The summed E-state index contributed by atoms with van der Waals surface area (Å²) in [5.74, 6) is 0.630. The second-order valence-corrected chi connectivity index (χ2v) is 20.4. The van der Waals surface area contributed by atoms with Gasteiger partial charge in [0, 0.05) is 76.0 Å². The summed E-state index contributed by atoms with van der Waals surface area (Å²) in [5.41, 5.74) is 7.80. The molecule has 0 aromatic heterocycles. The number of rotatable bonds is 1. The summed E-state index contributed by atoms with van der Waals surface area (Å²) in [7, 11) is 0. The fourth-order valence-electron chi connectivity index (χ4n) is 0.588. The minimum atomic E-state index is 0. The van der Waals surface area contributed by atoms with Gasteiger partial charge in [-0.3, -0.25) is 0 Å². The Morgan fingerprint density at radius 2 is 1.30 bits per heavy atom. The second-order valence-electron chi connectivity index (χ2n) is 4.14. The van der Waals surface area contributed by atoms with E-state index in [0.717, 1.165) is 5.56 Å². The summed E-state index contributed by atoms with van der Waals surface area (Å²) in [6.07, 6.45) is 0. The maximum absolute atomic E-state index is 5.44. The molecule has 1 rings (SSSR count). The van der Waals surface area contributed by atoms with Crippen molar-refractivity contribution in [1.82, 2.24) is 0 Å². The van der Waals surface area contributed by atoms with Gasteiger partial charge in [-0.2, -0.15) is 24.6 Å². The third-order valence-electron chi connectivity index (χ3n) is 2.17. The molecule has 1 aromatic carbocycles. The Morgan fingerprint density at radius 3 is 1.45 bits per heavy atom. The smallest absolute Gasteiger partial charge is 0 e. The zero-order valence-corrected chi connectivity index (χ0v) is 25.8. The van der Waals surface area contributed by atoms with Gasteiger partial charge in [-0.1, -0.05) is 19.4 Å². The van der Waals surface area contributed by atoms with Crippen LogP contribution in [0.25, 0.3) is 0 Å². The molecule has 0 saturated heterocycles. The Labute approximate surface area is 203 Å². The average molecular weight is 916 g/mol. The molecule has 1 aromatic rings. The topological polar surface area (TPSA) is 26.0 Å². The van der Waals surface area contributed by atoms with E-state index < -0.39 is 0 Å². The van der Waals surface area contributed by atoms with E-state index >= 15 is 0 Å². The predicted molar refractivity (Wildman–Crippen MR) is 120 cm³/mol. The number of nitrogens with two attached hydrogens (primary N) is 1. The molecule has 0 aliphatic rings. The molecule has 0 spiro atoms. The molecule has 1 atom stereocenters. The van der Waals surface area contributed by atoms with Gasteiger partial charge in [0.25, 0.3) is 0 Å². The number of halogens is 5. The van der Waals surface area contributed by atoms with Crippen molar-refractivity contribution in [2.75, 3.05) is 0 Å². The van der Waals surface area contributed by atoms with Crippen molar-refractivity contribution < 1.29 is 46.0 Å². The van der Waals surface area contributed by atoms with Crippen molar-refractivity contribution in [2.24, 2.45) is 11.7 Å². The van der Waals surface area contributed by atoms with Crippen molar-refractivity contribution in [3.63, 3.8) is 0 Å². The van der Waals surface area contributed by atoms with Gasteiger partial charge in [0.2, 0.25) is 0 Å². The number of aryl methyl sites for hydroxylation is 1. The zero-order chi connectivity index (χ0) is 15.8. The molecule has 0 aliphatic carbocycles. The Balaban J connectivity index is -0.0000000958. The van der Waals surface area contributed by atoms with Crippen LogP contribution in [0.1, 0.15) is 31.9 Å². The summed E-state index contributed by atoms with van der Waals surface area (Å²) < 4.78 is 0. The standard InChI is InChI=1S/C8H9.C5H13N.I3.I2.Y/c1-7-3-5-8(2)6-4-7;1-4(2)5(3)6;1-3-2;1-2;/h3-6H,1H2,2H3;4-5H,6H2,1-3H3;;;/q-1;;-1;;. The van der Waals surface area contributed by atoms with Crippen LogP contribution in [0.3, 0.4) is 0 Å². The van der Waals surface area contributed by atoms with Crippen LogP contribution in [-0.2, 0) is 32.7 Å². The zero-order valence-electron chi connectivity index (χ0n) is 12.2. The first-order chi connectivity index (χ1) is 8.84. The number of hydrogen-bond donors (Lipinski definition) is 1. The quantitative estimate of drug-likeness (QED) is 0.338. The Bertz CT molecular complexity index is 241. The van der Waals surface area contributed by atoms with Gasteiger partial charge in [0.15, 0.2) is 0 Å². The minimum absolute atomic E-state index is 0. The van der Waals surface area contributed by atoms with Crippen LogP contribution in [-0.4, -0.2) is 6.04 Å². The van der Waals surface area contributed by atoms with Gasteiger partial charge in [-0.05, 0) is 19.8 Å².